The van der Waals surface area contributed by atoms with Gasteiger partial charge in [0, 0.05) is 26.6 Å². The number of nitrogens with one attached hydrogen (secondary N) is 1. The van der Waals surface area contributed by atoms with E-state index in [1.807, 2.05) is 48.5 Å². The van der Waals surface area contributed by atoms with Crippen LogP contribution in [0.3, 0.4) is 0 Å². The molecule has 4 rings (SSSR count). The van der Waals surface area contributed by atoms with Gasteiger partial charge in [-0.3, -0.25) is 14.4 Å². The zero-order valence-electron chi connectivity index (χ0n) is 21.9. The second-order valence-corrected chi connectivity index (χ2v) is 10.8. The molecule has 2 aromatic carbocycles. The summed E-state index contributed by atoms with van der Waals surface area (Å²) in [6.45, 7) is 3.94. The van der Waals surface area contributed by atoms with Gasteiger partial charge in [0.2, 0.25) is 11.8 Å². The summed E-state index contributed by atoms with van der Waals surface area (Å²) >= 11 is 0. The maximum atomic E-state index is 13.9. The van der Waals surface area contributed by atoms with Crippen molar-refractivity contribution >= 4 is 23.4 Å². The summed E-state index contributed by atoms with van der Waals surface area (Å²) in [4.78, 5) is 41.8. The molecule has 2 heterocycles. The molecule has 0 radical (unpaired) electrons. The number of carbonyl (C=O) groups excluding carboxylic acids is 3. The lowest BCUT2D eigenvalue weighted by molar-refractivity contribution is -0.142. The molecule has 2 atom stereocenters. The fourth-order valence-corrected chi connectivity index (χ4v) is 5.19. The average Bonchev–Trinajstić information content (AvgIpc) is 3.12. The van der Waals surface area contributed by atoms with E-state index in [9.17, 15) is 14.4 Å². The molecule has 196 valence electrons. The van der Waals surface area contributed by atoms with Gasteiger partial charge in [0.25, 0.3) is 5.91 Å². The Hall–Kier alpha value is -3.52. The Bertz CT molecular complexity index is 1160. The van der Waals surface area contributed by atoms with E-state index >= 15 is 0 Å². The summed E-state index contributed by atoms with van der Waals surface area (Å²) in [6, 6.07) is 19.2. The molecule has 0 bridgehead atoms. The summed E-state index contributed by atoms with van der Waals surface area (Å²) in [5, 5.41) is 8.85. The van der Waals surface area contributed by atoms with Crippen LogP contribution in [0.1, 0.15) is 44.2 Å². The molecule has 0 spiro atoms. The zero-order chi connectivity index (χ0) is 26.6. The number of aryl methyl sites for hydroxylation is 1. The molecule has 0 aliphatic carbocycles. The molecule has 0 aromatic heterocycles. The second-order valence-electron chi connectivity index (χ2n) is 10.8. The van der Waals surface area contributed by atoms with Crippen LogP contribution in [-0.4, -0.2) is 65.1 Å². The number of nitrogens with two attached hydrogens (primary N) is 1. The molecule has 1 fully saturated rings. The number of benzene rings is 2. The number of amides is 3. The van der Waals surface area contributed by atoms with E-state index in [0.29, 0.717) is 25.8 Å². The summed E-state index contributed by atoms with van der Waals surface area (Å²) in [5.41, 5.74) is 7.05. The maximum absolute atomic E-state index is 13.9. The smallest absolute Gasteiger partial charge is 0.256 e. The molecule has 8 nitrogen and oxygen atoms in total. The predicted molar refractivity (Wildman–Crippen MR) is 144 cm³/mol. The molecule has 0 saturated carbocycles. The molecule has 3 N–H and O–H groups in total. The first kappa shape index (κ1) is 26.5. The lowest BCUT2D eigenvalue weighted by atomic mass is 9.73. The molecule has 8 heteroatoms. The third kappa shape index (κ3) is 5.91. The van der Waals surface area contributed by atoms with E-state index in [1.165, 1.54) is 10.6 Å². The van der Waals surface area contributed by atoms with Gasteiger partial charge < -0.3 is 16.0 Å². The highest BCUT2D eigenvalue weighted by Gasteiger charge is 2.53. The van der Waals surface area contributed by atoms with Crippen LogP contribution in [0.2, 0.25) is 0 Å². The van der Waals surface area contributed by atoms with E-state index in [-0.39, 0.29) is 24.3 Å². The van der Waals surface area contributed by atoms with Gasteiger partial charge in [0.05, 0.1) is 11.3 Å². The highest BCUT2D eigenvalue weighted by Crippen LogP contribution is 2.38. The first-order valence-electron chi connectivity index (χ1n) is 12.9. The minimum absolute atomic E-state index is 0.100. The van der Waals surface area contributed by atoms with Gasteiger partial charge in [-0.1, -0.05) is 60.7 Å². The number of nitrogens with zero attached hydrogens (tertiary/aromatic N) is 3. The van der Waals surface area contributed by atoms with Crippen LogP contribution >= 0.6 is 0 Å². The minimum Gasteiger partial charge on any atom is -0.343 e. The highest BCUT2D eigenvalue weighted by atomic mass is 16.2. The number of hydrogen-bond acceptors (Lipinski definition) is 5. The normalized spacial score (nSPS) is 20.3. The SMILES string of the molecule is CN1N=C2CCN(C(=O)C(CCCc3ccccc3)NC(=O)C(C)(C)N)C[C@@]2(Cc2ccccc2)C1=O. The van der Waals surface area contributed by atoms with Crippen LogP contribution in [0.15, 0.2) is 65.8 Å². The van der Waals surface area contributed by atoms with Crippen molar-refractivity contribution in [3.8, 4) is 0 Å². The Balaban J connectivity index is 1.54. The molecule has 3 amide bonds. The summed E-state index contributed by atoms with van der Waals surface area (Å²) in [5.74, 6) is -0.656. The van der Waals surface area contributed by atoms with Gasteiger partial charge >= 0.3 is 0 Å². The first-order chi connectivity index (χ1) is 17.6. The Morgan fingerprint density at radius 1 is 1.08 bits per heavy atom. The van der Waals surface area contributed by atoms with Crippen LogP contribution in [0.25, 0.3) is 0 Å². The molecule has 1 saturated heterocycles. The number of fused-ring (bicyclic) bond motifs is 1. The largest absolute Gasteiger partial charge is 0.343 e. The average molecular weight is 504 g/mol. The van der Waals surface area contributed by atoms with Crippen molar-refractivity contribution in [1.29, 1.82) is 0 Å². The maximum Gasteiger partial charge on any atom is 0.256 e. The predicted octanol–water partition coefficient (Wildman–Crippen LogP) is 2.52. The highest BCUT2D eigenvalue weighted by molar-refractivity contribution is 6.13. The molecular weight excluding hydrogens is 466 g/mol. The number of carbonyl (C=O) groups is 3. The number of piperidine rings is 1. The summed E-state index contributed by atoms with van der Waals surface area (Å²) < 4.78 is 0. The Morgan fingerprint density at radius 3 is 2.32 bits per heavy atom. The number of hydrazone groups is 1. The van der Waals surface area contributed by atoms with E-state index in [2.05, 4.69) is 22.6 Å². The van der Waals surface area contributed by atoms with Crippen LogP contribution in [0.4, 0.5) is 0 Å². The number of rotatable bonds is 9. The zero-order valence-corrected chi connectivity index (χ0v) is 21.9. The lowest BCUT2D eigenvalue weighted by Crippen LogP contribution is -2.60. The fraction of sp³-hybridized carbons (Fsp3) is 0.448. The van der Waals surface area contributed by atoms with Gasteiger partial charge in [0.15, 0.2) is 0 Å². The quantitative estimate of drug-likeness (QED) is 0.548. The van der Waals surface area contributed by atoms with Crippen LogP contribution in [0.5, 0.6) is 0 Å². The molecule has 2 aliphatic rings. The molecule has 37 heavy (non-hydrogen) atoms. The van der Waals surface area contributed by atoms with Crippen molar-refractivity contribution < 1.29 is 14.4 Å². The van der Waals surface area contributed by atoms with Crippen molar-refractivity contribution in [2.24, 2.45) is 16.3 Å². The van der Waals surface area contributed by atoms with Gasteiger partial charge in [0.1, 0.15) is 11.5 Å². The van der Waals surface area contributed by atoms with E-state index in [4.69, 9.17) is 5.73 Å². The van der Waals surface area contributed by atoms with Gasteiger partial charge in [-0.05, 0) is 50.7 Å². The van der Waals surface area contributed by atoms with Crippen LogP contribution < -0.4 is 11.1 Å². The van der Waals surface area contributed by atoms with Crippen molar-refractivity contribution in [3.63, 3.8) is 0 Å². The Morgan fingerprint density at radius 2 is 1.70 bits per heavy atom. The monoisotopic (exact) mass is 503 g/mol. The molecule has 2 aromatic rings. The Kier molecular flexibility index (Phi) is 7.78. The topological polar surface area (TPSA) is 108 Å². The lowest BCUT2D eigenvalue weighted by Gasteiger charge is -2.41. The summed E-state index contributed by atoms with van der Waals surface area (Å²) in [7, 11) is 1.67. The number of hydrogen-bond donors (Lipinski definition) is 2. The Labute approximate surface area is 218 Å². The van der Waals surface area contributed by atoms with Gasteiger partial charge in [-0.25, -0.2) is 5.01 Å². The molecule has 1 unspecified atom stereocenters. The van der Waals surface area contributed by atoms with E-state index < -0.39 is 17.0 Å². The minimum atomic E-state index is -1.11. The fourth-order valence-electron chi connectivity index (χ4n) is 5.19. The third-order valence-corrected chi connectivity index (χ3v) is 7.26. The number of likely N-dealkylation sites (tertiary alicyclic amines) is 1. The molecular formula is C29H37N5O3. The van der Waals surface area contributed by atoms with E-state index in [1.54, 1.807) is 25.8 Å². The molecule has 2 aliphatic heterocycles. The second kappa shape index (κ2) is 10.8. The third-order valence-electron chi connectivity index (χ3n) is 7.26. The van der Waals surface area contributed by atoms with Gasteiger partial charge in [-0.2, -0.15) is 5.10 Å². The van der Waals surface area contributed by atoms with Crippen molar-refractivity contribution in [1.82, 2.24) is 15.2 Å². The standard InChI is InChI=1S/C29H37N5O3/c1-28(2,30)26(36)31-23(16-10-15-21-11-6-4-7-12-21)25(35)34-18-17-24-29(20-34,27(37)33(3)32-24)19-22-13-8-5-9-14-22/h4-9,11-14,23H,10,15-20,30H2,1-3H3,(H,31,36)/t23?,29-/m1/s1. The van der Waals surface area contributed by atoms with Gasteiger partial charge in [-0.15, -0.1) is 0 Å². The first-order valence-corrected chi connectivity index (χ1v) is 12.9. The van der Waals surface area contributed by atoms with Crippen molar-refractivity contribution in [3.05, 3.63) is 71.8 Å². The van der Waals surface area contributed by atoms with E-state index in [0.717, 1.165) is 24.1 Å². The summed E-state index contributed by atoms with van der Waals surface area (Å²) in [6.07, 6.45) is 2.99. The van der Waals surface area contributed by atoms with Crippen LogP contribution in [0, 0.1) is 5.41 Å². The van der Waals surface area contributed by atoms with Crippen molar-refractivity contribution in [2.75, 3.05) is 20.1 Å². The van der Waals surface area contributed by atoms with Crippen LogP contribution in [-0.2, 0) is 27.2 Å². The van der Waals surface area contributed by atoms with Crippen molar-refractivity contribution in [2.45, 2.75) is 57.5 Å².